The first-order valence-electron chi connectivity index (χ1n) is 15.1. The van der Waals surface area contributed by atoms with Gasteiger partial charge in [-0.25, -0.2) is 8.42 Å². The second kappa shape index (κ2) is 14.9. The van der Waals surface area contributed by atoms with Crippen molar-refractivity contribution in [3.63, 3.8) is 0 Å². The fraction of sp³-hybridized carbons (Fsp3) is 0.412. The molecule has 10 heteroatoms. The van der Waals surface area contributed by atoms with Crippen molar-refractivity contribution in [1.82, 2.24) is 10.2 Å². The average Bonchev–Trinajstić information content (AvgIpc) is 3.01. The zero-order valence-corrected chi connectivity index (χ0v) is 27.5. The lowest BCUT2D eigenvalue weighted by Gasteiger charge is -2.35. The number of nitrogens with one attached hydrogen (secondary N) is 1. The summed E-state index contributed by atoms with van der Waals surface area (Å²) in [5.74, 6) is -0.503. The second-order valence-electron chi connectivity index (χ2n) is 11.4. The summed E-state index contributed by atoms with van der Waals surface area (Å²) in [7, 11) is -2.83. The average molecular weight is 640 g/mol. The number of hydrogen-bond donors (Lipinski definition) is 1. The highest BCUT2D eigenvalue weighted by Crippen LogP contribution is 2.35. The van der Waals surface area contributed by atoms with Gasteiger partial charge in [0, 0.05) is 17.6 Å². The van der Waals surface area contributed by atoms with E-state index in [1.165, 1.54) is 30.2 Å². The Balaban J connectivity index is 1.77. The van der Waals surface area contributed by atoms with Crippen LogP contribution in [0.3, 0.4) is 0 Å². The van der Waals surface area contributed by atoms with E-state index in [2.05, 4.69) is 5.32 Å². The van der Waals surface area contributed by atoms with E-state index in [4.69, 9.17) is 16.3 Å². The number of carbonyl (C=O) groups excluding carboxylic acids is 2. The fourth-order valence-electron chi connectivity index (χ4n) is 5.64. The van der Waals surface area contributed by atoms with Gasteiger partial charge in [0.15, 0.2) is 0 Å². The highest BCUT2D eigenvalue weighted by Gasteiger charge is 2.35. The molecule has 1 aliphatic rings. The molecule has 0 radical (unpaired) electrons. The number of rotatable bonds is 12. The van der Waals surface area contributed by atoms with Gasteiger partial charge in [-0.1, -0.05) is 79.7 Å². The van der Waals surface area contributed by atoms with Gasteiger partial charge in [0.05, 0.1) is 17.7 Å². The predicted molar refractivity (Wildman–Crippen MR) is 175 cm³/mol. The number of nitrogens with zero attached hydrogens (tertiary/aromatic N) is 2. The Bertz CT molecular complexity index is 1560. The number of amides is 2. The van der Waals surface area contributed by atoms with Crippen molar-refractivity contribution in [3.05, 3.63) is 88.4 Å². The van der Waals surface area contributed by atoms with E-state index in [1.54, 1.807) is 24.3 Å². The molecule has 4 rings (SSSR count). The summed E-state index contributed by atoms with van der Waals surface area (Å²) in [5, 5.41) is 3.46. The summed E-state index contributed by atoms with van der Waals surface area (Å²) in [5.41, 5.74) is 2.86. The lowest BCUT2D eigenvalue weighted by atomic mass is 9.95. The maximum atomic E-state index is 14.4. The quantitative estimate of drug-likeness (QED) is 0.247. The van der Waals surface area contributed by atoms with Gasteiger partial charge in [0.1, 0.15) is 18.3 Å². The fourth-order valence-corrected chi connectivity index (χ4v) is 7.23. The van der Waals surface area contributed by atoms with Gasteiger partial charge in [-0.05, 0) is 74.6 Å². The van der Waals surface area contributed by atoms with Crippen molar-refractivity contribution in [2.24, 2.45) is 0 Å². The SMILES string of the molecule is CC[C@@H](C(=O)NC1CCCCC1)N(Cc1ccccc1C)C(=O)CN(c1cc(Cl)ccc1OC)S(=O)(=O)c1ccc(C)cc1. The Hall–Kier alpha value is -3.56. The maximum Gasteiger partial charge on any atom is 0.264 e. The number of benzene rings is 3. The summed E-state index contributed by atoms with van der Waals surface area (Å²) >= 11 is 6.34. The number of carbonyl (C=O) groups is 2. The standard InChI is InChI=1S/C34H42ClN3O5S/c1-5-30(34(40)36-28-13-7-6-8-14-28)37(22-26-12-10-9-11-25(26)3)33(39)23-38(31-21-27(35)17-20-32(31)43-4)44(41,42)29-18-15-24(2)16-19-29/h9-12,15-21,28,30H,5-8,13-14,22-23H2,1-4H3,(H,36,40)/t30-/m0/s1. The molecule has 1 saturated carbocycles. The van der Waals surface area contributed by atoms with E-state index >= 15 is 0 Å². The molecule has 8 nitrogen and oxygen atoms in total. The molecule has 44 heavy (non-hydrogen) atoms. The predicted octanol–water partition coefficient (Wildman–Crippen LogP) is 6.42. The van der Waals surface area contributed by atoms with E-state index in [9.17, 15) is 18.0 Å². The minimum absolute atomic E-state index is 0.0189. The van der Waals surface area contributed by atoms with Crippen LogP contribution in [0.4, 0.5) is 5.69 Å². The Morgan fingerprint density at radius 1 is 1.00 bits per heavy atom. The molecule has 0 bridgehead atoms. The summed E-state index contributed by atoms with van der Waals surface area (Å²) in [4.78, 5) is 29.7. The smallest absolute Gasteiger partial charge is 0.264 e. The van der Waals surface area contributed by atoms with Crippen LogP contribution < -0.4 is 14.4 Å². The van der Waals surface area contributed by atoms with Crippen LogP contribution in [0, 0.1) is 13.8 Å². The van der Waals surface area contributed by atoms with E-state index in [0.717, 1.165) is 53.1 Å². The Kier molecular flexibility index (Phi) is 11.3. The van der Waals surface area contributed by atoms with Crippen LogP contribution in [0.15, 0.2) is 71.6 Å². The van der Waals surface area contributed by atoms with Gasteiger partial charge in [0.2, 0.25) is 11.8 Å². The topological polar surface area (TPSA) is 96.0 Å². The zero-order valence-electron chi connectivity index (χ0n) is 25.9. The lowest BCUT2D eigenvalue weighted by molar-refractivity contribution is -0.140. The number of sulfonamides is 1. The van der Waals surface area contributed by atoms with Crippen LogP contribution in [0.5, 0.6) is 5.75 Å². The van der Waals surface area contributed by atoms with Crippen molar-refractivity contribution >= 4 is 39.1 Å². The minimum atomic E-state index is -4.26. The first kappa shape index (κ1) is 33.3. The molecule has 2 amide bonds. The molecule has 1 N–H and O–H groups in total. The molecule has 1 fully saturated rings. The van der Waals surface area contributed by atoms with Crippen molar-refractivity contribution in [3.8, 4) is 5.75 Å². The van der Waals surface area contributed by atoms with Crippen molar-refractivity contribution in [2.45, 2.75) is 82.8 Å². The van der Waals surface area contributed by atoms with Crippen molar-refractivity contribution in [1.29, 1.82) is 0 Å². The molecule has 0 saturated heterocycles. The first-order valence-corrected chi connectivity index (χ1v) is 16.9. The Labute approximate surface area is 266 Å². The molecule has 1 aliphatic carbocycles. The van der Waals surface area contributed by atoms with E-state index < -0.39 is 28.5 Å². The molecule has 0 aliphatic heterocycles. The molecule has 1 atom stereocenters. The summed E-state index contributed by atoms with van der Waals surface area (Å²) in [6, 6.07) is 18.0. The molecule has 0 aromatic heterocycles. The van der Waals surface area contributed by atoms with E-state index in [-0.39, 0.29) is 39.8 Å². The largest absolute Gasteiger partial charge is 0.495 e. The molecular formula is C34H42ClN3O5S. The highest BCUT2D eigenvalue weighted by molar-refractivity contribution is 7.92. The number of hydrogen-bond acceptors (Lipinski definition) is 5. The minimum Gasteiger partial charge on any atom is -0.495 e. The van der Waals surface area contributed by atoms with Crippen molar-refractivity contribution < 1.29 is 22.7 Å². The molecular weight excluding hydrogens is 598 g/mol. The van der Waals surface area contributed by atoms with Crippen LogP contribution in [-0.4, -0.2) is 50.9 Å². The van der Waals surface area contributed by atoms with Crippen LogP contribution >= 0.6 is 11.6 Å². The van der Waals surface area contributed by atoms with E-state index in [1.807, 2.05) is 45.0 Å². The van der Waals surface area contributed by atoms with Gasteiger partial charge in [-0.15, -0.1) is 0 Å². The molecule has 3 aromatic rings. The zero-order chi connectivity index (χ0) is 31.9. The molecule has 0 unspecified atom stereocenters. The van der Waals surface area contributed by atoms with Gasteiger partial charge in [-0.2, -0.15) is 0 Å². The number of halogens is 1. The third-order valence-electron chi connectivity index (χ3n) is 8.24. The number of ether oxygens (including phenoxy) is 1. The monoisotopic (exact) mass is 639 g/mol. The summed E-state index contributed by atoms with van der Waals surface area (Å²) < 4.78 is 35.0. The maximum absolute atomic E-state index is 14.4. The molecule has 0 heterocycles. The molecule has 3 aromatic carbocycles. The highest BCUT2D eigenvalue weighted by atomic mass is 35.5. The summed E-state index contributed by atoms with van der Waals surface area (Å²) in [6.45, 7) is 5.26. The third-order valence-corrected chi connectivity index (χ3v) is 10.2. The second-order valence-corrected chi connectivity index (χ2v) is 13.7. The molecule has 0 spiro atoms. The van der Waals surface area contributed by atoms with Crippen LogP contribution in [0.25, 0.3) is 0 Å². The third kappa shape index (κ3) is 7.93. The first-order chi connectivity index (χ1) is 21.0. The van der Waals surface area contributed by atoms with Gasteiger partial charge in [0.25, 0.3) is 10.0 Å². The van der Waals surface area contributed by atoms with Gasteiger partial charge < -0.3 is 15.0 Å². The Morgan fingerprint density at radius 2 is 1.68 bits per heavy atom. The summed E-state index contributed by atoms with van der Waals surface area (Å²) in [6.07, 6.45) is 5.44. The Morgan fingerprint density at radius 3 is 2.32 bits per heavy atom. The van der Waals surface area contributed by atoms with Crippen LogP contribution in [-0.2, 0) is 26.2 Å². The van der Waals surface area contributed by atoms with Gasteiger partial charge in [-0.3, -0.25) is 13.9 Å². The normalized spacial score (nSPS) is 14.5. The van der Waals surface area contributed by atoms with Crippen LogP contribution in [0.1, 0.15) is 62.1 Å². The number of methoxy groups -OCH3 is 1. The van der Waals surface area contributed by atoms with E-state index in [0.29, 0.717) is 6.42 Å². The molecule has 236 valence electrons. The number of aryl methyl sites for hydroxylation is 2. The van der Waals surface area contributed by atoms with Gasteiger partial charge >= 0.3 is 0 Å². The van der Waals surface area contributed by atoms with Crippen LogP contribution in [0.2, 0.25) is 5.02 Å². The number of anilines is 1. The lowest BCUT2D eigenvalue weighted by Crippen LogP contribution is -2.54. The van der Waals surface area contributed by atoms with Crippen molar-refractivity contribution in [2.75, 3.05) is 18.0 Å².